The van der Waals surface area contributed by atoms with Crippen molar-refractivity contribution in [2.45, 2.75) is 25.7 Å². The molecule has 1 saturated heterocycles. The zero-order valence-electron chi connectivity index (χ0n) is 15.1. The van der Waals surface area contributed by atoms with Gasteiger partial charge in [-0.3, -0.25) is 14.9 Å². The first-order valence-electron chi connectivity index (χ1n) is 9.21. The summed E-state index contributed by atoms with van der Waals surface area (Å²) in [7, 11) is 0. The molecule has 0 atom stereocenters. The fourth-order valence-electron chi connectivity index (χ4n) is 3.26. The molecule has 1 heterocycles. The number of nitrogens with zero attached hydrogens (tertiary/aromatic N) is 2. The molecular formula is C21H23N3O3. The lowest BCUT2D eigenvalue weighted by molar-refractivity contribution is -0.384. The third kappa shape index (κ3) is 5.17. The Hall–Kier alpha value is -3.15. The van der Waals surface area contributed by atoms with Crippen molar-refractivity contribution in [2.24, 2.45) is 0 Å². The van der Waals surface area contributed by atoms with E-state index in [4.69, 9.17) is 0 Å². The van der Waals surface area contributed by atoms with E-state index in [0.717, 1.165) is 37.3 Å². The van der Waals surface area contributed by atoms with E-state index in [0.29, 0.717) is 5.56 Å². The van der Waals surface area contributed by atoms with Crippen molar-refractivity contribution in [1.82, 2.24) is 0 Å². The van der Waals surface area contributed by atoms with Crippen LogP contribution < -0.4 is 10.2 Å². The van der Waals surface area contributed by atoms with Gasteiger partial charge in [0, 0.05) is 31.3 Å². The maximum Gasteiger partial charge on any atom is 0.270 e. The highest BCUT2D eigenvalue weighted by Gasteiger charge is 2.14. The zero-order valence-corrected chi connectivity index (χ0v) is 15.1. The van der Waals surface area contributed by atoms with Crippen LogP contribution in [0.15, 0.2) is 54.6 Å². The Labute approximate surface area is 158 Å². The quantitative estimate of drug-likeness (QED) is 0.476. The van der Waals surface area contributed by atoms with E-state index >= 15 is 0 Å². The summed E-state index contributed by atoms with van der Waals surface area (Å²) in [6.45, 7) is 1.99. The van der Waals surface area contributed by atoms with Gasteiger partial charge in [-0.1, -0.05) is 37.1 Å². The smallest absolute Gasteiger partial charge is 0.270 e. The van der Waals surface area contributed by atoms with Gasteiger partial charge in [0.25, 0.3) is 5.69 Å². The Bertz CT molecular complexity index is 840. The van der Waals surface area contributed by atoms with E-state index in [1.807, 2.05) is 24.3 Å². The van der Waals surface area contributed by atoms with E-state index in [-0.39, 0.29) is 11.6 Å². The highest BCUT2D eigenvalue weighted by atomic mass is 16.6. The molecule has 6 heteroatoms. The van der Waals surface area contributed by atoms with Gasteiger partial charge in [-0.15, -0.1) is 0 Å². The third-order valence-corrected chi connectivity index (χ3v) is 4.62. The monoisotopic (exact) mass is 365 g/mol. The highest BCUT2D eigenvalue weighted by Crippen LogP contribution is 2.28. The van der Waals surface area contributed by atoms with E-state index in [1.165, 1.54) is 31.1 Å². The molecule has 0 bridgehead atoms. The molecule has 27 heavy (non-hydrogen) atoms. The van der Waals surface area contributed by atoms with Gasteiger partial charge in [0.05, 0.1) is 16.3 Å². The lowest BCUT2D eigenvalue weighted by atomic mass is 10.2. The molecular weight excluding hydrogens is 342 g/mol. The average molecular weight is 365 g/mol. The number of rotatable bonds is 5. The molecule has 0 spiro atoms. The molecule has 1 N–H and O–H groups in total. The van der Waals surface area contributed by atoms with Crippen molar-refractivity contribution in [2.75, 3.05) is 23.3 Å². The van der Waals surface area contributed by atoms with Crippen LogP contribution in [0.25, 0.3) is 6.08 Å². The Morgan fingerprint density at radius 1 is 1.04 bits per heavy atom. The third-order valence-electron chi connectivity index (χ3n) is 4.62. The van der Waals surface area contributed by atoms with E-state index < -0.39 is 4.92 Å². The van der Waals surface area contributed by atoms with Crippen LogP contribution in [0, 0.1) is 10.1 Å². The Balaban J connectivity index is 1.71. The minimum Gasteiger partial charge on any atom is -0.370 e. The number of nitro benzene ring substituents is 1. The molecule has 0 radical (unpaired) electrons. The van der Waals surface area contributed by atoms with E-state index in [9.17, 15) is 14.9 Å². The summed E-state index contributed by atoms with van der Waals surface area (Å²) in [6, 6.07) is 14.0. The number of hydrogen-bond acceptors (Lipinski definition) is 4. The van der Waals surface area contributed by atoms with Crippen LogP contribution in [-0.2, 0) is 4.79 Å². The molecule has 6 nitrogen and oxygen atoms in total. The van der Waals surface area contributed by atoms with Crippen molar-refractivity contribution in [1.29, 1.82) is 0 Å². The normalized spacial score (nSPS) is 14.7. The van der Waals surface area contributed by atoms with E-state index in [1.54, 1.807) is 18.2 Å². The van der Waals surface area contributed by atoms with Gasteiger partial charge in [-0.2, -0.15) is 0 Å². The van der Waals surface area contributed by atoms with Crippen molar-refractivity contribution < 1.29 is 9.72 Å². The summed E-state index contributed by atoms with van der Waals surface area (Å²) < 4.78 is 0. The number of nitro groups is 1. The number of amides is 1. The molecule has 2 aromatic rings. The number of non-ortho nitro benzene ring substituents is 1. The molecule has 1 aliphatic rings. The summed E-state index contributed by atoms with van der Waals surface area (Å²) in [5.74, 6) is -0.260. The minimum absolute atomic E-state index is 0.00377. The molecule has 140 valence electrons. The first-order chi connectivity index (χ1) is 13.1. The van der Waals surface area contributed by atoms with Gasteiger partial charge in [0.2, 0.25) is 5.91 Å². The van der Waals surface area contributed by atoms with Crippen LogP contribution in [0.2, 0.25) is 0 Å². The lowest BCUT2D eigenvalue weighted by Crippen LogP contribution is -2.25. The van der Waals surface area contributed by atoms with E-state index in [2.05, 4.69) is 10.2 Å². The Kier molecular flexibility index (Phi) is 6.20. The van der Waals surface area contributed by atoms with Gasteiger partial charge >= 0.3 is 0 Å². The molecule has 1 amide bonds. The Morgan fingerprint density at radius 2 is 1.78 bits per heavy atom. The average Bonchev–Trinajstić information content (AvgIpc) is 2.96. The second-order valence-corrected chi connectivity index (χ2v) is 6.59. The number of carbonyl (C=O) groups excluding carboxylic acids is 1. The van der Waals surface area contributed by atoms with Crippen molar-refractivity contribution in [3.8, 4) is 0 Å². The highest BCUT2D eigenvalue weighted by molar-refractivity contribution is 6.03. The molecule has 1 aliphatic heterocycles. The molecule has 0 saturated carbocycles. The van der Waals surface area contributed by atoms with Crippen molar-refractivity contribution in [3.63, 3.8) is 0 Å². The largest absolute Gasteiger partial charge is 0.370 e. The van der Waals surface area contributed by atoms with Crippen LogP contribution in [0.4, 0.5) is 17.1 Å². The molecule has 1 fully saturated rings. The topological polar surface area (TPSA) is 75.5 Å². The lowest BCUT2D eigenvalue weighted by Gasteiger charge is -2.25. The SMILES string of the molecule is O=C(/C=C/c1cccc([N+](=O)[O-])c1)Nc1ccccc1N1CCCCCC1. The van der Waals surface area contributed by atoms with Gasteiger partial charge in [0.15, 0.2) is 0 Å². The number of benzene rings is 2. The van der Waals surface area contributed by atoms with Crippen molar-refractivity contribution >= 4 is 29.0 Å². The molecule has 0 aromatic heterocycles. The standard InChI is InChI=1S/C21H23N3O3/c25-21(13-12-17-8-7-9-18(16-17)24(26)27)22-19-10-3-4-11-20(19)23-14-5-1-2-6-15-23/h3-4,7-13,16H,1-2,5-6,14-15H2,(H,22,25)/b13-12+. The number of anilines is 2. The van der Waals surface area contributed by atoms with Crippen LogP contribution in [0.5, 0.6) is 0 Å². The summed E-state index contributed by atoms with van der Waals surface area (Å²) in [4.78, 5) is 25.1. The molecule has 2 aromatic carbocycles. The fraction of sp³-hybridized carbons (Fsp3) is 0.286. The van der Waals surface area contributed by atoms with Crippen LogP contribution in [0.3, 0.4) is 0 Å². The number of nitrogens with one attached hydrogen (secondary N) is 1. The predicted octanol–water partition coefficient (Wildman–Crippen LogP) is 4.63. The summed E-state index contributed by atoms with van der Waals surface area (Å²) >= 11 is 0. The molecule has 0 unspecified atom stereocenters. The minimum atomic E-state index is -0.450. The number of para-hydroxylation sites is 2. The summed E-state index contributed by atoms with van der Waals surface area (Å²) in [5.41, 5.74) is 2.44. The van der Waals surface area contributed by atoms with Gasteiger partial charge in [-0.05, 0) is 36.6 Å². The zero-order chi connectivity index (χ0) is 19.1. The van der Waals surface area contributed by atoms with Crippen molar-refractivity contribution in [3.05, 3.63) is 70.3 Å². The second-order valence-electron chi connectivity index (χ2n) is 6.59. The fourth-order valence-corrected chi connectivity index (χ4v) is 3.26. The van der Waals surface area contributed by atoms with Gasteiger partial charge in [-0.25, -0.2) is 0 Å². The Morgan fingerprint density at radius 3 is 2.52 bits per heavy atom. The maximum atomic E-state index is 12.4. The van der Waals surface area contributed by atoms with Crippen LogP contribution in [0.1, 0.15) is 31.2 Å². The second kappa shape index (κ2) is 8.98. The number of carbonyl (C=O) groups is 1. The predicted molar refractivity (Wildman–Crippen MR) is 108 cm³/mol. The van der Waals surface area contributed by atoms with Crippen LogP contribution in [-0.4, -0.2) is 23.9 Å². The summed E-state index contributed by atoms with van der Waals surface area (Å²) in [5, 5.41) is 13.8. The van der Waals surface area contributed by atoms with Gasteiger partial charge < -0.3 is 10.2 Å². The number of hydrogen-bond donors (Lipinski definition) is 1. The first-order valence-corrected chi connectivity index (χ1v) is 9.21. The van der Waals surface area contributed by atoms with Crippen LogP contribution >= 0.6 is 0 Å². The maximum absolute atomic E-state index is 12.4. The molecule has 3 rings (SSSR count). The first kappa shape index (κ1) is 18.6. The summed E-state index contributed by atoms with van der Waals surface area (Å²) in [6.07, 6.45) is 7.80. The molecule has 0 aliphatic carbocycles. The van der Waals surface area contributed by atoms with Gasteiger partial charge in [0.1, 0.15) is 0 Å².